The molecule has 0 bridgehead atoms. The molecular weight excluding hydrogens is 580 g/mol. The van der Waals surface area contributed by atoms with E-state index in [0.29, 0.717) is 18.7 Å². The molecule has 10 nitrogen and oxygen atoms in total. The fraction of sp³-hybridized carbons (Fsp3) is 0.250. The molecule has 3 amide bonds. The van der Waals surface area contributed by atoms with Gasteiger partial charge in [-0.05, 0) is 53.9 Å². The van der Waals surface area contributed by atoms with Crippen LogP contribution in [0, 0.1) is 0 Å². The number of rotatable bonds is 10. The number of pyridine rings is 2. The van der Waals surface area contributed by atoms with E-state index in [4.69, 9.17) is 4.98 Å². The maximum atomic E-state index is 14.3. The second-order valence-electron chi connectivity index (χ2n) is 11.5. The number of phenolic OH excluding ortho intramolecular Hbond substituents is 1. The molecule has 2 aromatic heterocycles. The van der Waals surface area contributed by atoms with Gasteiger partial charge in [-0.2, -0.15) is 0 Å². The lowest BCUT2D eigenvalue weighted by Gasteiger charge is -2.55. The maximum absolute atomic E-state index is 14.3. The van der Waals surface area contributed by atoms with Crippen LogP contribution in [-0.4, -0.2) is 84.5 Å². The molecule has 234 valence electrons. The van der Waals surface area contributed by atoms with Crippen LogP contribution in [0.5, 0.6) is 5.75 Å². The Balaban J connectivity index is 1.34. The lowest BCUT2D eigenvalue weighted by Crippen LogP contribution is -2.75. The predicted molar refractivity (Wildman–Crippen MR) is 172 cm³/mol. The first kappa shape index (κ1) is 30.7. The van der Waals surface area contributed by atoms with Crippen molar-refractivity contribution in [2.45, 2.75) is 38.0 Å². The Morgan fingerprint density at radius 1 is 0.957 bits per heavy atom. The van der Waals surface area contributed by atoms with Gasteiger partial charge < -0.3 is 14.9 Å². The first-order valence-corrected chi connectivity index (χ1v) is 15.4. The number of fused-ring (bicyclic) bond motifs is 1. The maximum Gasteiger partial charge on any atom is 0.246 e. The van der Waals surface area contributed by atoms with Crippen molar-refractivity contribution >= 4 is 17.7 Å². The molecule has 2 aromatic carbocycles. The number of piperazine rings is 1. The van der Waals surface area contributed by atoms with Crippen molar-refractivity contribution < 1.29 is 19.5 Å². The Bertz CT molecular complexity index is 1700. The Morgan fingerprint density at radius 2 is 1.76 bits per heavy atom. The van der Waals surface area contributed by atoms with Crippen LogP contribution in [0.1, 0.15) is 23.2 Å². The van der Waals surface area contributed by atoms with Crippen LogP contribution >= 0.6 is 0 Å². The molecule has 46 heavy (non-hydrogen) atoms. The second kappa shape index (κ2) is 13.7. The summed E-state index contributed by atoms with van der Waals surface area (Å²) in [6, 6.07) is 25.0. The highest BCUT2D eigenvalue weighted by Gasteiger charge is 2.51. The lowest BCUT2D eigenvalue weighted by atomic mass is 9.98. The quantitative estimate of drug-likeness (QED) is 0.270. The molecular formula is C36H36N6O4. The zero-order valence-corrected chi connectivity index (χ0v) is 25.5. The van der Waals surface area contributed by atoms with Crippen molar-refractivity contribution in [1.29, 1.82) is 0 Å². The van der Waals surface area contributed by atoms with E-state index in [1.165, 1.54) is 0 Å². The standard InChI is InChI=1S/C36H36N6O4/c1-2-20-40-25-35(45)41-32(21-27-13-16-30(43)17-14-27)36(46)39(23-29-11-6-12-31(38-29)28-10-7-19-37-22-28)24-33(41)42(40)34(44)18-15-26-8-4-3-5-9-26/h2-14,16-17,19,22,32-33,43H,1,15,18,20-21,23-25H2/t32-,33-/m0/s1. The van der Waals surface area contributed by atoms with E-state index in [-0.39, 0.29) is 55.9 Å². The molecule has 0 radical (unpaired) electrons. The van der Waals surface area contributed by atoms with Gasteiger partial charge in [0.1, 0.15) is 18.0 Å². The summed E-state index contributed by atoms with van der Waals surface area (Å²) < 4.78 is 0. The Hall–Kier alpha value is -5.35. The number of benzene rings is 2. The minimum absolute atomic E-state index is 0.0479. The van der Waals surface area contributed by atoms with E-state index in [0.717, 1.165) is 22.4 Å². The number of amides is 3. The van der Waals surface area contributed by atoms with Crippen LogP contribution < -0.4 is 0 Å². The SMILES string of the molecule is C=CCN1CC(=O)N2[C@@H](Cc3ccc(O)cc3)C(=O)N(Cc3cccc(-c4cccnc4)n3)C[C@@H]2N1C(=O)CCc1ccccc1. The third-order valence-corrected chi connectivity index (χ3v) is 8.38. The second-order valence-corrected chi connectivity index (χ2v) is 11.5. The van der Waals surface area contributed by atoms with E-state index >= 15 is 0 Å². The molecule has 6 rings (SSSR count). The molecule has 1 N–H and O–H groups in total. The van der Waals surface area contributed by atoms with Gasteiger partial charge in [-0.1, -0.05) is 54.6 Å². The van der Waals surface area contributed by atoms with E-state index in [2.05, 4.69) is 11.6 Å². The monoisotopic (exact) mass is 616 g/mol. The van der Waals surface area contributed by atoms with E-state index in [1.807, 2.05) is 60.7 Å². The number of carbonyl (C=O) groups is 3. The third-order valence-electron chi connectivity index (χ3n) is 8.38. The topological polar surface area (TPSA) is 110 Å². The number of phenols is 1. The van der Waals surface area contributed by atoms with Gasteiger partial charge in [-0.3, -0.25) is 24.4 Å². The van der Waals surface area contributed by atoms with E-state index in [9.17, 15) is 19.5 Å². The van der Waals surface area contributed by atoms with Crippen molar-refractivity contribution in [3.63, 3.8) is 0 Å². The fourth-order valence-electron chi connectivity index (χ4n) is 6.21. The minimum atomic E-state index is -0.854. The number of nitrogens with zero attached hydrogens (tertiary/aromatic N) is 6. The van der Waals surface area contributed by atoms with Crippen molar-refractivity contribution in [1.82, 2.24) is 29.8 Å². The van der Waals surface area contributed by atoms with Crippen molar-refractivity contribution in [3.8, 4) is 17.0 Å². The minimum Gasteiger partial charge on any atom is -0.508 e. The van der Waals surface area contributed by atoms with Crippen molar-refractivity contribution in [2.75, 3.05) is 19.6 Å². The molecule has 0 aliphatic carbocycles. The molecule has 0 saturated carbocycles. The average Bonchev–Trinajstić information content (AvgIpc) is 3.07. The smallest absolute Gasteiger partial charge is 0.246 e. The van der Waals surface area contributed by atoms with Gasteiger partial charge in [-0.15, -0.1) is 6.58 Å². The zero-order valence-electron chi connectivity index (χ0n) is 25.5. The zero-order chi connectivity index (χ0) is 32.0. The number of carbonyl (C=O) groups excluding carboxylic acids is 3. The van der Waals surface area contributed by atoms with Gasteiger partial charge in [0.15, 0.2) is 0 Å². The van der Waals surface area contributed by atoms with Crippen molar-refractivity contribution in [2.24, 2.45) is 0 Å². The molecule has 2 fully saturated rings. The average molecular weight is 617 g/mol. The molecule has 2 aliphatic rings. The third kappa shape index (κ3) is 6.67. The first-order chi connectivity index (χ1) is 22.4. The summed E-state index contributed by atoms with van der Waals surface area (Å²) in [5.41, 5.74) is 4.11. The highest BCUT2D eigenvalue weighted by atomic mass is 16.3. The normalized spacial score (nSPS) is 18.4. The van der Waals surface area contributed by atoms with Crippen LogP contribution in [0.4, 0.5) is 0 Å². The summed E-state index contributed by atoms with van der Waals surface area (Å²) in [5, 5.41) is 13.2. The van der Waals surface area contributed by atoms with Gasteiger partial charge in [0.25, 0.3) is 0 Å². The Kier molecular flexibility index (Phi) is 9.16. The molecule has 10 heteroatoms. The molecule has 2 saturated heterocycles. The Labute approximate surface area is 268 Å². The molecule has 0 spiro atoms. The Morgan fingerprint density at radius 3 is 2.50 bits per heavy atom. The number of aryl methyl sites for hydroxylation is 1. The van der Waals surface area contributed by atoms with E-state index < -0.39 is 12.2 Å². The summed E-state index contributed by atoms with van der Waals surface area (Å²) in [7, 11) is 0. The van der Waals surface area contributed by atoms with Gasteiger partial charge in [0.05, 0.1) is 31.0 Å². The molecule has 4 aromatic rings. The molecule has 0 unspecified atom stereocenters. The fourth-order valence-corrected chi connectivity index (χ4v) is 6.21. The molecule has 2 atom stereocenters. The highest BCUT2D eigenvalue weighted by molar-refractivity contribution is 5.92. The number of hydrogen-bond donors (Lipinski definition) is 1. The number of hydrogen-bond acceptors (Lipinski definition) is 7. The van der Waals surface area contributed by atoms with Crippen LogP contribution in [0.3, 0.4) is 0 Å². The summed E-state index contributed by atoms with van der Waals surface area (Å²) in [4.78, 5) is 54.4. The van der Waals surface area contributed by atoms with E-state index in [1.54, 1.807) is 62.6 Å². The largest absolute Gasteiger partial charge is 0.508 e. The highest BCUT2D eigenvalue weighted by Crippen LogP contribution is 2.30. The van der Waals surface area contributed by atoms with Crippen molar-refractivity contribution in [3.05, 3.63) is 127 Å². The summed E-state index contributed by atoms with van der Waals surface area (Å²) in [6.45, 7) is 4.44. The van der Waals surface area contributed by atoms with Gasteiger partial charge in [-0.25, -0.2) is 10.0 Å². The van der Waals surface area contributed by atoms with Gasteiger partial charge in [0, 0.05) is 37.3 Å². The summed E-state index contributed by atoms with van der Waals surface area (Å²) in [6.07, 6.45) is 5.41. The van der Waals surface area contributed by atoms with Crippen LogP contribution in [0.25, 0.3) is 11.3 Å². The van der Waals surface area contributed by atoms with Crippen LogP contribution in [-0.2, 0) is 33.8 Å². The van der Waals surface area contributed by atoms with Gasteiger partial charge >= 0.3 is 0 Å². The van der Waals surface area contributed by atoms with Crippen LogP contribution in [0.15, 0.2) is 110 Å². The first-order valence-electron chi connectivity index (χ1n) is 15.4. The van der Waals surface area contributed by atoms with Gasteiger partial charge in [0.2, 0.25) is 17.7 Å². The molecule has 2 aliphatic heterocycles. The summed E-state index contributed by atoms with van der Waals surface area (Å²) in [5.74, 6) is -0.475. The number of aromatic nitrogens is 2. The van der Waals surface area contributed by atoms with Crippen LogP contribution in [0.2, 0.25) is 0 Å². The molecule has 4 heterocycles. The predicted octanol–water partition coefficient (Wildman–Crippen LogP) is 3.84. The number of aromatic hydroxyl groups is 1. The number of hydrazine groups is 1. The summed E-state index contributed by atoms with van der Waals surface area (Å²) >= 11 is 0. The lowest BCUT2D eigenvalue weighted by molar-refractivity contribution is -0.205.